The average Bonchev–Trinajstić information content (AvgIpc) is 2.97. The Morgan fingerprint density at radius 1 is 0.773 bits per heavy atom. The number of aryl methyl sites for hydroxylation is 4. The van der Waals surface area contributed by atoms with Crippen molar-refractivity contribution < 1.29 is 40.5 Å². The molecule has 2 aromatic carbocycles. The van der Waals surface area contributed by atoms with Crippen LogP contribution in [0.25, 0.3) is 0 Å². The number of anilines is 1. The fourth-order valence-electron chi connectivity index (χ4n) is 5.75. The summed E-state index contributed by atoms with van der Waals surface area (Å²) in [6.45, 7) is 22.1. The van der Waals surface area contributed by atoms with Gasteiger partial charge >= 0.3 is 0 Å². The molecule has 0 fully saturated rings. The Hall–Kier alpha value is -2.10. The Morgan fingerprint density at radius 2 is 1.36 bits per heavy atom. The van der Waals surface area contributed by atoms with Crippen molar-refractivity contribution in [2.24, 2.45) is 0 Å². The topological polar surface area (TPSA) is 67.9 Å². The minimum absolute atomic E-state index is 0. The lowest BCUT2D eigenvalue weighted by Gasteiger charge is -2.37. The fraction of sp³-hybridized carbons (Fsp3) is 0.611. The number of amides is 1. The zero-order chi connectivity index (χ0) is 31.7. The van der Waals surface area contributed by atoms with Crippen molar-refractivity contribution in [2.45, 2.75) is 74.1 Å². The second kappa shape index (κ2) is 21.6. The van der Waals surface area contributed by atoms with E-state index in [1.165, 1.54) is 16.7 Å². The van der Waals surface area contributed by atoms with E-state index in [1.54, 1.807) is 0 Å². The van der Waals surface area contributed by atoms with Crippen LogP contribution in [-0.4, -0.2) is 93.3 Å². The largest absolute Gasteiger partial charge is 1.00 e. The van der Waals surface area contributed by atoms with E-state index in [0.29, 0.717) is 58.3 Å². The monoisotopic (exact) mass is 675 g/mol. The van der Waals surface area contributed by atoms with E-state index in [2.05, 4.69) is 63.0 Å². The van der Waals surface area contributed by atoms with Crippen LogP contribution in [0.5, 0.6) is 0 Å². The van der Waals surface area contributed by atoms with Crippen LogP contribution in [0.15, 0.2) is 36.4 Å². The SMILES string of the molecule is CCCCN(CCOCCOCC[N+](CC)(CCC)CC(=O)Cc1c(C)cccc1C)CC(=O)Nc1c(C)cccc1C.[Br-]. The van der Waals surface area contributed by atoms with Crippen molar-refractivity contribution in [1.82, 2.24) is 4.90 Å². The van der Waals surface area contributed by atoms with Crippen LogP contribution in [0.3, 0.4) is 0 Å². The number of hydrogen-bond donors (Lipinski definition) is 1. The van der Waals surface area contributed by atoms with Gasteiger partial charge in [-0.2, -0.15) is 0 Å². The first-order valence-electron chi connectivity index (χ1n) is 16.3. The van der Waals surface area contributed by atoms with Gasteiger partial charge in [-0.25, -0.2) is 0 Å². The van der Waals surface area contributed by atoms with Crippen LogP contribution in [0.1, 0.15) is 67.9 Å². The molecule has 0 aliphatic rings. The van der Waals surface area contributed by atoms with Crippen molar-refractivity contribution in [1.29, 1.82) is 0 Å². The van der Waals surface area contributed by atoms with Crippen LogP contribution in [0.2, 0.25) is 0 Å². The summed E-state index contributed by atoms with van der Waals surface area (Å²) >= 11 is 0. The molecule has 7 nitrogen and oxygen atoms in total. The first kappa shape index (κ1) is 39.9. The maximum absolute atomic E-state index is 13.2. The highest BCUT2D eigenvalue weighted by atomic mass is 79.9. The highest BCUT2D eigenvalue weighted by Gasteiger charge is 2.28. The molecule has 0 aliphatic heterocycles. The number of hydrogen-bond acceptors (Lipinski definition) is 5. The summed E-state index contributed by atoms with van der Waals surface area (Å²) in [5.41, 5.74) is 6.61. The molecule has 44 heavy (non-hydrogen) atoms. The second-order valence-electron chi connectivity index (χ2n) is 12.0. The Labute approximate surface area is 278 Å². The number of likely N-dealkylation sites (N-methyl/N-ethyl adjacent to an activating group) is 1. The van der Waals surface area contributed by atoms with Gasteiger partial charge in [-0.3, -0.25) is 14.5 Å². The number of benzene rings is 2. The van der Waals surface area contributed by atoms with Gasteiger partial charge in [0.1, 0.15) is 13.1 Å². The second-order valence-corrected chi connectivity index (χ2v) is 12.0. The number of nitrogens with one attached hydrogen (secondary N) is 1. The molecule has 248 valence electrons. The van der Waals surface area contributed by atoms with Gasteiger partial charge in [-0.15, -0.1) is 0 Å². The van der Waals surface area contributed by atoms with E-state index in [0.717, 1.165) is 66.7 Å². The molecule has 0 saturated carbocycles. The summed E-state index contributed by atoms with van der Waals surface area (Å²) in [6, 6.07) is 12.3. The summed E-state index contributed by atoms with van der Waals surface area (Å²) in [5, 5.41) is 3.10. The van der Waals surface area contributed by atoms with Crippen molar-refractivity contribution in [3.8, 4) is 0 Å². The molecular weight excluding hydrogens is 618 g/mol. The van der Waals surface area contributed by atoms with Crippen molar-refractivity contribution >= 4 is 17.4 Å². The van der Waals surface area contributed by atoms with Gasteiger partial charge in [0.15, 0.2) is 5.78 Å². The summed E-state index contributed by atoms with van der Waals surface area (Å²) in [6.07, 6.45) is 3.66. The molecule has 2 rings (SSSR count). The van der Waals surface area contributed by atoms with Crippen molar-refractivity contribution in [3.63, 3.8) is 0 Å². The highest BCUT2D eigenvalue weighted by molar-refractivity contribution is 5.93. The number of carbonyl (C=O) groups excluding carboxylic acids is 2. The minimum Gasteiger partial charge on any atom is -1.00 e. The van der Waals surface area contributed by atoms with Crippen molar-refractivity contribution in [2.75, 3.05) is 77.6 Å². The Kier molecular flexibility index (Phi) is 19.6. The highest BCUT2D eigenvalue weighted by Crippen LogP contribution is 2.19. The maximum Gasteiger partial charge on any atom is 0.238 e. The third-order valence-electron chi connectivity index (χ3n) is 8.47. The van der Waals surface area contributed by atoms with Gasteiger partial charge in [0.05, 0.1) is 46.1 Å². The number of Topliss-reactive ketones (excluding diaryl/α,β-unsaturated/α-hetero) is 1. The maximum atomic E-state index is 13.2. The van der Waals surface area contributed by atoms with Crippen LogP contribution < -0.4 is 22.3 Å². The summed E-state index contributed by atoms with van der Waals surface area (Å²) in [4.78, 5) is 28.1. The minimum atomic E-state index is 0. The fourth-order valence-corrected chi connectivity index (χ4v) is 5.75. The molecule has 1 N–H and O–H groups in total. The number of unbranched alkanes of at least 4 members (excludes halogenated alkanes) is 1. The van der Waals surface area contributed by atoms with Gasteiger partial charge in [-0.1, -0.05) is 56.7 Å². The number of rotatable bonds is 22. The first-order chi connectivity index (χ1) is 20.6. The number of ketones is 1. The van der Waals surface area contributed by atoms with Crippen LogP contribution in [-0.2, 0) is 25.5 Å². The predicted octanol–water partition coefficient (Wildman–Crippen LogP) is 3.06. The van der Waals surface area contributed by atoms with Crippen LogP contribution in [0, 0.1) is 27.7 Å². The predicted molar refractivity (Wildman–Crippen MR) is 178 cm³/mol. The quantitative estimate of drug-likeness (QED) is 0.154. The molecule has 8 heteroatoms. The third-order valence-corrected chi connectivity index (χ3v) is 8.47. The zero-order valence-electron chi connectivity index (χ0n) is 28.5. The summed E-state index contributed by atoms with van der Waals surface area (Å²) < 4.78 is 12.6. The molecule has 1 unspecified atom stereocenters. The molecule has 0 aromatic heterocycles. The molecule has 0 bridgehead atoms. The summed E-state index contributed by atoms with van der Waals surface area (Å²) in [5.74, 6) is 0.306. The molecule has 1 atom stereocenters. The molecule has 0 aliphatic carbocycles. The number of carbonyl (C=O) groups is 2. The van der Waals surface area contributed by atoms with Gasteiger partial charge in [0.25, 0.3) is 0 Å². The zero-order valence-corrected chi connectivity index (χ0v) is 30.1. The average molecular weight is 677 g/mol. The molecule has 0 spiro atoms. The molecular formula is C36H58BrN3O4. The molecule has 1 amide bonds. The molecule has 0 saturated heterocycles. The molecule has 2 aromatic rings. The van der Waals surface area contributed by atoms with Crippen LogP contribution >= 0.6 is 0 Å². The van der Waals surface area contributed by atoms with Gasteiger partial charge in [0, 0.05) is 18.7 Å². The number of para-hydroxylation sites is 1. The normalized spacial score (nSPS) is 12.5. The van der Waals surface area contributed by atoms with Gasteiger partial charge < -0.3 is 36.3 Å². The number of quaternary nitrogens is 1. The van der Waals surface area contributed by atoms with E-state index in [9.17, 15) is 9.59 Å². The van der Waals surface area contributed by atoms with Gasteiger partial charge in [-0.05, 0) is 81.8 Å². The molecule has 0 radical (unpaired) electrons. The van der Waals surface area contributed by atoms with Crippen LogP contribution in [0.4, 0.5) is 5.69 Å². The number of halogens is 1. The Bertz CT molecular complexity index is 1100. The van der Waals surface area contributed by atoms with E-state index in [1.807, 2.05) is 32.0 Å². The Balaban J connectivity index is 0.00000968. The lowest BCUT2D eigenvalue weighted by atomic mass is 9.97. The Morgan fingerprint density at radius 3 is 1.93 bits per heavy atom. The number of nitrogens with zero attached hydrogens (tertiary/aromatic N) is 2. The lowest BCUT2D eigenvalue weighted by molar-refractivity contribution is -0.919. The first-order valence-corrected chi connectivity index (χ1v) is 16.3. The molecule has 0 heterocycles. The van der Waals surface area contributed by atoms with E-state index in [-0.39, 0.29) is 22.9 Å². The third kappa shape index (κ3) is 13.9. The summed E-state index contributed by atoms with van der Waals surface area (Å²) in [7, 11) is 0. The standard InChI is InChI=1S/C36H57N3O4.BrH/c1-8-11-18-38(27-35(41)37-36-31(6)16-13-17-32(36)7)19-22-42-24-25-43-23-21-39(10-3,20-9-2)28-33(40)26-34-29(4)14-12-15-30(34)5;/h12-17H,8-11,18-28H2,1-7H3;1H. The van der Waals surface area contributed by atoms with Crippen molar-refractivity contribution in [3.05, 3.63) is 64.2 Å². The lowest BCUT2D eigenvalue weighted by Crippen LogP contribution is -3.00. The van der Waals surface area contributed by atoms with E-state index >= 15 is 0 Å². The van der Waals surface area contributed by atoms with Gasteiger partial charge in [0.2, 0.25) is 5.91 Å². The number of ether oxygens (including phenoxy) is 2. The van der Waals surface area contributed by atoms with E-state index < -0.39 is 0 Å². The smallest absolute Gasteiger partial charge is 0.238 e. The van der Waals surface area contributed by atoms with E-state index in [4.69, 9.17) is 9.47 Å².